The molecule has 2 N–H and O–H groups in total. The van der Waals surface area contributed by atoms with Gasteiger partial charge >= 0.3 is 0 Å². The molecule has 1 aromatic heterocycles. The maximum absolute atomic E-state index is 12.8. The van der Waals surface area contributed by atoms with Crippen molar-refractivity contribution >= 4 is 11.5 Å². The zero-order valence-electron chi connectivity index (χ0n) is 20.1. The number of hydrogen-bond donors (Lipinski definition) is 2. The monoisotopic (exact) mass is 435 g/mol. The minimum atomic E-state index is -0.0278. The van der Waals surface area contributed by atoms with Crippen LogP contribution in [0.2, 0.25) is 0 Å². The SMILES string of the molecule is CN(C)CCCCc1ccc(C(=C[C@H]2CCC(=O)N2)c2ccc(C(C)(C)C)cc2)[nH]c1=O. The minimum absolute atomic E-state index is 0.0194. The number of pyridine rings is 1. The van der Waals surface area contributed by atoms with E-state index in [1.807, 2.05) is 12.1 Å². The predicted molar refractivity (Wildman–Crippen MR) is 132 cm³/mol. The third-order valence-corrected chi connectivity index (χ3v) is 6.04. The van der Waals surface area contributed by atoms with Crippen molar-refractivity contribution in [3.63, 3.8) is 0 Å². The average molecular weight is 436 g/mol. The summed E-state index contributed by atoms with van der Waals surface area (Å²) in [5.74, 6) is 0.0789. The van der Waals surface area contributed by atoms with E-state index in [2.05, 4.69) is 80.4 Å². The van der Waals surface area contributed by atoms with Crippen LogP contribution in [0.5, 0.6) is 0 Å². The fraction of sp³-hybridized carbons (Fsp3) is 0.481. The second-order valence-corrected chi connectivity index (χ2v) is 10.1. The number of rotatable bonds is 8. The minimum Gasteiger partial charge on any atom is -0.350 e. The van der Waals surface area contributed by atoms with E-state index >= 15 is 0 Å². The fourth-order valence-electron chi connectivity index (χ4n) is 4.06. The lowest BCUT2D eigenvalue weighted by Crippen LogP contribution is -2.24. The molecule has 0 saturated carbocycles. The first-order valence-electron chi connectivity index (χ1n) is 11.6. The van der Waals surface area contributed by atoms with Crippen molar-refractivity contribution in [3.05, 3.63) is 75.2 Å². The first-order chi connectivity index (χ1) is 15.1. The highest BCUT2D eigenvalue weighted by Gasteiger charge is 2.21. The largest absolute Gasteiger partial charge is 0.350 e. The van der Waals surface area contributed by atoms with Crippen LogP contribution in [-0.4, -0.2) is 42.5 Å². The van der Waals surface area contributed by atoms with Gasteiger partial charge in [0.05, 0.1) is 0 Å². The standard InChI is InChI=1S/C27H37N3O2/c1-27(2,3)21-12-9-19(10-13-21)23(18-22-14-16-25(31)28-22)24-15-11-20(26(32)29-24)8-6-7-17-30(4)5/h9-13,15,18,22H,6-8,14,16-17H2,1-5H3,(H,28,31)(H,29,32)/t22-/m1/s1. The fourth-order valence-corrected chi connectivity index (χ4v) is 4.06. The third-order valence-electron chi connectivity index (χ3n) is 6.04. The molecule has 3 rings (SSSR count). The quantitative estimate of drug-likeness (QED) is 0.609. The predicted octanol–water partition coefficient (Wildman–Crippen LogP) is 4.27. The molecule has 1 aromatic carbocycles. The summed E-state index contributed by atoms with van der Waals surface area (Å²) in [5.41, 5.74) is 4.91. The van der Waals surface area contributed by atoms with Gasteiger partial charge in [0.1, 0.15) is 0 Å². The Hall–Kier alpha value is -2.66. The van der Waals surface area contributed by atoms with Gasteiger partial charge in [-0.15, -0.1) is 0 Å². The molecule has 0 bridgehead atoms. The molecule has 5 heteroatoms. The van der Waals surface area contributed by atoms with Crippen molar-refractivity contribution in [3.8, 4) is 0 Å². The van der Waals surface area contributed by atoms with E-state index in [-0.39, 0.29) is 22.9 Å². The number of carbonyl (C=O) groups excluding carboxylic acids is 1. The molecule has 1 fully saturated rings. The molecule has 0 radical (unpaired) electrons. The molecule has 1 aliphatic heterocycles. The molecule has 0 spiro atoms. The smallest absolute Gasteiger partial charge is 0.251 e. The number of nitrogens with zero attached hydrogens (tertiary/aromatic N) is 1. The average Bonchev–Trinajstić information content (AvgIpc) is 3.14. The lowest BCUT2D eigenvalue weighted by molar-refractivity contribution is -0.119. The lowest BCUT2D eigenvalue weighted by Gasteiger charge is -2.20. The lowest BCUT2D eigenvalue weighted by atomic mass is 9.86. The first kappa shape index (κ1) is 24.0. The molecule has 1 atom stereocenters. The van der Waals surface area contributed by atoms with Gasteiger partial charge in [-0.25, -0.2) is 0 Å². The molecule has 0 aliphatic carbocycles. The molecule has 1 aliphatic rings. The maximum Gasteiger partial charge on any atom is 0.251 e. The van der Waals surface area contributed by atoms with E-state index in [4.69, 9.17) is 0 Å². The maximum atomic E-state index is 12.8. The van der Waals surface area contributed by atoms with Crippen molar-refractivity contribution in [1.29, 1.82) is 0 Å². The second kappa shape index (κ2) is 10.3. The van der Waals surface area contributed by atoms with Crippen molar-refractivity contribution in [1.82, 2.24) is 15.2 Å². The molecular weight excluding hydrogens is 398 g/mol. The number of aromatic amines is 1. The molecule has 0 unspecified atom stereocenters. The summed E-state index contributed by atoms with van der Waals surface area (Å²) < 4.78 is 0. The second-order valence-electron chi connectivity index (χ2n) is 10.1. The first-order valence-corrected chi connectivity index (χ1v) is 11.6. The Bertz CT molecular complexity index is 1010. The van der Waals surface area contributed by atoms with Gasteiger partial charge in [0.25, 0.3) is 5.56 Å². The van der Waals surface area contributed by atoms with Crippen molar-refractivity contribution in [2.75, 3.05) is 20.6 Å². The summed E-state index contributed by atoms with van der Waals surface area (Å²) in [4.78, 5) is 29.8. The number of hydrogen-bond acceptors (Lipinski definition) is 3. The topological polar surface area (TPSA) is 65.2 Å². The van der Waals surface area contributed by atoms with Gasteiger partial charge in [0, 0.05) is 29.3 Å². The van der Waals surface area contributed by atoms with Gasteiger partial charge in [0.15, 0.2) is 0 Å². The van der Waals surface area contributed by atoms with Crippen LogP contribution in [0.3, 0.4) is 0 Å². The third kappa shape index (κ3) is 6.42. The van der Waals surface area contributed by atoms with Crippen LogP contribution in [-0.2, 0) is 16.6 Å². The molecule has 2 heterocycles. The van der Waals surface area contributed by atoms with Gasteiger partial charge in [0.2, 0.25) is 5.91 Å². The van der Waals surface area contributed by atoms with Crippen LogP contribution in [0.25, 0.3) is 5.57 Å². The summed E-state index contributed by atoms with van der Waals surface area (Å²) >= 11 is 0. The zero-order valence-corrected chi connectivity index (χ0v) is 20.1. The molecule has 2 aromatic rings. The van der Waals surface area contributed by atoms with Crippen molar-refractivity contribution < 1.29 is 4.79 Å². The Morgan fingerprint density at radius 2 is 1.78 bits per heavy atom. The number of benzene rings is 1. The normalized spacial score (nSPS) is 17.1. The molecule has 32 heavy (non-hydrogen) atoms. The van der Waals surface area contributed by atoms with Gasteiger partial charge in [-0.05, 0) is 68.9 Å². The van der Waals surface area contributed by atoms with E-state index in [0.717, 1.165) is 54.6 Å². The van der Waals surface area contributed by atoms with Crippen LogP contribution in [0.15, 0.2) is 47.3 Å². The van der Waals surface area contributed by atoms with Gasteiger partial charge in [-0.2, -0.15) is 0 Å². The zero-order chi connectivity index (χ0) is 23.3. The highest BCUT2D eigenvalue weighted by molar-refractivity contribution is 5.82. The Morgan fingerprint density at radius 1 is 1.06 bits per heavy atom. The molecular formula is C27H37N3O2. The summed E-state index contributed by atoms with van der Waals surface area (Å²) in [6, 6.07) is 12.4. The summed E-state index contributed by atoms with van der Waals surface area (Å²) in [6.45, 7) is 7.62. The Kier molecular flexibility index (Phi) is 7.73. The molecule has 1 amide bonds. The van der Waals surface area contributed by atoms with Gasteiger partial charge in [-0.1, -0.05) is 57.2 Å². The number of nitrogens with one attached hydrogen (secondary N) is 2. The summed E-state index contributed by atoms with van der Waals surface area (Å²) in [5, 5.41) is 3.02. The summed E-state index contributed by atoms with van der Waals surface area (Å²) in [7, 11) is 4.13. The van der Waals surface area contributed by atoms with E-state index < -0.39 is 0 Å². The number of aromatic nitrogens is 1. The Balaban J connectivity index is 1.88. The Morgan fingerprint density at radius 3 is 2.34 bits per heavy atom. The molecule has 172 valence electrons. The van der Waals surface area contributed by atoms with E-state index in [0.29, 0.717) is 6.42 Å². The van der Waals surface area contributed by atoms with Gasteiger partial charge < -0.3 is 15.2 Å². The van der Waals surface area contributed by atoms with E-state index in [1.54, 1.807) is 0 Å². The number of carbonyl (C=O) groups is 1. The summed E-state index contributed by atoms with van der Waals surface area (Å²) in [6.07, 6.45) is 6.24. The number of aryl methyl sites for hydroxylation is 1. The highest BCUT2D eigenvalue weighted by atomic mass is 16.2. The van der Waals surface area contributed by atoms with Crippen LogP contribution in [0, 0.1) is 0 Å². The number of unbranched alkanes of at least 4 members (excludes halogenated alkanes) is 1. The van der Waals surface area contributed by atoms with Crippen molar-refractivity contribution in [2.24, 2.45) is 0 Å². The van der Waals surface area contributed by atoms with Crippen molar-refractivity contribution in [2.45, 2.75) is 64.3 Å². The van der Waals surface area contributed by atoms with E-state index in [1.165, 1.54) is 5.56 Å². The van der Waals surface area contributed by atoms with Crippen LogP contribution in [0.4, 0.5) is 0 Å². The van der Waals surface area contributed by atoms with Crippen LogP contribution < -0.4 is 10.9 Å². The number of amides is 1. The highest BCUT2D eigenvalue weighted by Crippen LogP contribution is 2.28. The van der Waals surface area contributed by atoms with Crippen LogP contribution in [0.1, 0.15) is 68.8 Å². The number of H-pyrrole nitrogens is 1. The molecule has 5 nitrogen and oxygen atoms in total. The van der Waals surface area contributed by atoms with Gasteiger partial charge in [-0.3, -0.25) is 9.59 Å². The molecule has 1 saturated heterocycles. The Labute approximate surface area is 191 Å². The van der Waals surface area contributed by atoms with E-state index in [9.17, 15) is 9.59 Å². The van der Waals surface area contributed by atoms with Crippen LogP contribution >= 0.6 is 0 Å².